The number of carbonyl (C=O) groups is 1. The van der Waals surface area contributed by atoms with Gasteiger partial charge in [0.2, 0.25) is 0 Å². The van der Waals surface area contributed by atoms with Gasteiger partial charge in [-0.1, -0.05) is 84.9 Å². The highest BCUT2D eigenvalue weighted by atomic mass is 16.5. The predicted octanol–water partition coefficient (Wildman–Crippen LogP) is 7.24. The topological polar surface area (TPSA) is 48.6 Å². The lowest BCUT2D eigenvalue weighted by molar-refractivity contribution is -0.113. The van der Waals surface area contributed by atoms with Gasteiger partial charge in [0.1, 0.15) is 5.60 Å². The fourth-order valence-electron chi connectivity index (χ4n) is 7.36. The van der Waals surface area contributed by atoms with E-state index in [0.29, 0.717) is 13.2 Å². The third-order valence-electron chi connectivity index (χ3n) is 9.27. The molecule has 1 N–H and O–H groups in total. The van der Waals surface area contributed by atoms with Crippen molar-refractivity contribution < 1.29 is 9.53 Å². The van der Waals surface area contributed by atoms with E-state index in [9.17, 15) is 4.79 Å². The summed E-state index contributed by atoms with van der Waals surface area (Å²) in [6.07, 6.45) is 7.14. The molecular weight excluding hydrogens is 518 g/mol. The second kappa shape index (κ2) is 10.0. The van der Waals surface area contributed by atoms with Gasteiger partial charge in [0.15, 0.2) is 0 Å². The van der Waals surface area contributed by atoms with Crippen LogP contribution in [0.5, 0.6) is 0 Å². The summed E-state index contributed by atoms with van der Waals surface area (Å²) < 4.78 is 7.16. The van der Waals surface area contributed by atoms with Gasteiger partial charge in [-0.3, -0.25) is 4.79 Å². The number of carbonyl (C=O) groups excluding carboxylic acids is 1. The van der Waals surface area contributed by atoms with Gasteiger partial charge in [0, 0.05) is 34.9 Å². The van der Waals surface area contributed by atoms with Crippen molar-refractivity contribution in [1.29, 1.82) is 0 Å². The Bertz CT molecular complexity index is 1810. The first-order valence-corrected chi connectivity index (χ1v) is 15.0. The van der Waals surface area contributed by atoms with Crippen LogP contribution in [0.15, 0.2) is 115 Å². The minimum absolute atomic E-state index is 0.0445. The Labute approximate surface area is 246 Å². The van der Waals surface area contributed by atoms with E-state index in [1.54, 1.807) is 0 Å². The maximum Gasteiger partial charge on any atom is 0.259 e. The van der Waals surface area contributed by atoms with Crippen LogP contribution in [0, 0.1) is 0 Å². The largest absolute Gasteiger partial charge is 0.364 e. The van der Waals surface area contributed by atoms with E-state index in [1.165, 1.54) is 10.9 Å². The lowest BCUT2D eigenvalue weighted by Crippen LogP contribution is -2.48. The molecule has 2 atom stereocenters. The molecule has 0 spiro atoms. The van der Waals surface area contributed by atoms with E-state index in [-0.39, 0.29) is 11.9 Å². The van der Waals surface area contributed by atoms with Crippen LogP contribution >= 0.6 is 0 Å². The number of hydrogen-bond acceptors (Lipinski definition) is 3. The Hall–Kier alpha value is -4.61. The summed E-state index contributed by atoms with van der Waals surface area (Å²) in [5, 5.41) is 1.23. The Balaban J connectivity index is 1.24. The molecule has 42 heavy (non-hydrogen) atoms. The summed E-state index contributed by atoms with van der Waals surface area (Å²) in [6.45, 7) is 2.02. The van der Waals surface area contributed by atoms with Gasteiger partial charge in [-0.2, -0.15) is 0 Å². The Morgan fingerprint density at radius 3 is 2.48 bits per heavy atom. The van der Waals surface area contributed by atoms with Crippen LogP contribution in [0.25, 0.3) is 16.5 Å². The third-order valence-corrected chi connectivity index (χ3v) is 9.27. The monoisotopic (exact) mass is 551 g/mol. The van der Waals surface area contributed by atoms with E-state index < -0.39 is 5.60 Å². The number of aromatic amines is 1. The molecule has 5 aromatic rings. The van der Waals surface area contributed by atoms with Crippen molar-refractivity contribution in [2.75, 3.05) is 23.0 Å². The maximum absolute atomic E-state index is 14.4. The maximum atomic E-state index is 14.4. The lowest BCUT2D eigenvalue weighted by Gasteiger charge is -2.41. The first kappa shape index (κ1) is 25.1. The summed E-state index contributed by atoms with van der Waals surface area (Å²) in [5.41, 5.74) is 7.75. The zero-order chi connectivity index (χ0) is 28.1. The van der Waals surface area contributed by atoms with Crippen molar-refractivity contribution >= 4 is 33.8 Å². The molecule has 0 aliphatic carbocycles. The molecule has 5 nitrogen and oxygen atoms in total. The number of aromatic nitrogens is 1. The molecule has 1 fully saturated rings. The molecule has 1 unspecified atom stereocenters. The van der Waals surface area contributed by atoms with Gasteiger partial charge in [-0.05, 0) is 60.2 Å². The van der Waals surface area contributed by atoms with E-state index >= 15 is 0 Å². The molecule has 208 valence electrons. The molecule has 0 saturated carbocycles. The van der Waals surface area contributed by atoms with Gasteiger partial charge in [-0.25, -0.2) is 0 Å². The third kappa shape index (κ3) is 3.92. The van der Waals surface area contributed by atoms with Gasteiger partial charge in [0.05, 0.1) is 30.5 Å². The van der Waals surface area contributed by atoms with Gasteiger partial charge in [0.25, 0.3) is 5.91 Å². The van der Waals surface area contributed by atoms with E-state index in [4.69, 9.17) is 4.74 Å². The van der Waals surface area contributed by atoms with Crippen LogP contribution in [-0.4, -0.2) is 30.1 Å². The number of ether oxygens (including phenoxy) is 1. The highest BCUT2D eigenvalue weighted by molar-refractivity contribution is 6.34. The Morgan fingerprint density at radius 1 is 0.857 bits per heavy atom. The van der Waals surface area contributed by atoms with Crippen molar-refractivity contribution in [3.05, 3.63) is 138 Å². The van der Waals surface area contributed by atoms with E-state index in [2.05, 4.69) is 107 Å². The first-order chi connectivity index (χ1) is 20.7. The molecule has 1 aromatic heterocycles. The molecule has 0 radical (unpaired) electrons. The van der Waals surface area contributed by atoms with Crippen molar-refractivity contribution in [2.45, 2.75) is 37.5 Å². The summed E-state index contributed by atoms with van der Waals surface area (Å²) in [4.78, 5) is 22.2. The van der Waals surface area contributed by atoms with E-state index in [1.807, 2.05) is 23.1 Å². The van der Waals surface area contributed by atoms with Crippen molar-refractivity contribution in [1.82, 2.24) is 4.98 Å². The van der Waals surface area contributed by atoms with Crippen LogP contribution in [0.4, 0.5) is 11.4 Å². The van der Waals surface area contributed by atoms with Crippen molar-refractivity contribution in [3.63, 3.8) is 0 Å². The number of amides is 1. The van der Waals surface area contributed by atoms with E-state index in [0.717, 1.165) is 65.0 Å². The predicted molar refractivity (Wildman–Crippen MR) is 168 cm³/mol. The summed E-state index contributed by atoms with van der Waals surface area (Å²) in [5.74, 6) is 0.0445. The average molecular weight is 552 g/mol. The average Bonchev–Trinajstić information content (AvgIpc) is 3.74. The SMILES string of the molecule is O=C1C2=C[C@](OCCc3c[nH]c4ccccc34)(c3ccccc3)C3CCCN3c3cccc(c32)N1Cc1ccccc1. The summed E-state index contributed by atoms with van der Waals surface area (Å²) in [7, 11) is 0. The van der Waals surface area contributed by atoms with Crippen molar-refractivity contribution in [2.24, 2.45) is 0 Å². The second-order valence-corrected chi connectivity index (χ2v) is 11.6. The Kier molecular flexibility index (Phi) is 6.00. The van der Waals surface area contributed by atoms with Crippen LogP contribution < -0.4 is 9.80 Å². The molecule has 3 aliphatic rings. The van der Waals surface area contributed by atoms with Gasteiger partial charge < -0.3 is 19.5 Å². The number of hydrogen-bond donors (Lipinski definition) is 1. The number of rotatable bonds is 7. The van der Waals surface area contributed by atoms with Gasteiger partial charge >= 0.3 is 0 Å². The minimum Gasteiger partial charge on any atom is -0.364 e. The smallest absolute Gasteiger partial charge is 0.259 e. The van der Waals surface area contributed by atoms with Gasteiger partial charge in [-0.15, -0.1) is 0 Å². The lowest BCUT2D eigenvalue weighted by atomic mass is 9.83. The molecule has 4 aromatic carbocycles. The highest BCUT2D eigenvalue weighted by Gasteiger charge is 2.51. The zero-order valence-corrected chi connectivity index (χ0v) is 23.5. The number of nitrogens with zero attached hydrogens (tertiary/aromatic N) is 2. The van der Waals surface area contributed by atoms with Crippen LogP contribution in [0.2, 0.25) is 0 Å². The highest BCUT2D eigenvalue weighted by Crippen LogP contribution is 2.53. The number of fused-ring (bicyclic) bond motifs is 3. The normalized spacial score (nSPS) is 20.9. The molecule has 4 heterocycles. The van der Waals surface area contributed by atoms with Crippen LogP contribution in [0.3, 0.4) is 0 Å². The molecule has 3 aliphatic heterocycles. The number of H-pyrrole nitrogens is 1. The first-order valence-electron chi connectivity index (χ1n) is 15.0. The number of benzene rings is 4. The molecule has 1 saturated heterocycles. The van der Waals surface area contributed by atoms with Crippen molar-refractivity contribution in [3.8, 4) is 0 Å². The molecule has 5 heteroatoms. The molecule has 0 bridgehead atoms. The number of nitrogens with one attached hydrogen (secondary N) is 1. The Morgan fingerprint density at radius 2 is 1.62 bits per heavy atom. The second-order valence-electron chi connectivity index (χ2n) is 11.6. The molecule has 1 amide bonds. The quantitative estimate of drug-likeness (QED) is 0.232. The molecule has 8 rings (SSSR count). The number of anilines is 2. The van der Waals surface area contributed by atoms with Crippen LogP contribution in [-0.2, 0) is 28.1 Å². The fraction of sp³-hybridized carbons (Fsp3) is 0.216. The zero-order valence-electron chi connectivity index (χ0n) is 23.5. The standard InChI is InChI=1S/C37H33N3O2/c41-36-30-23-37(28-13-5-2-6-14-28,42-22-20-27-24-38-31-16-8-7-15-29(27)31)34-19-10-21-39(34)32-17-9-18-33(35(30)32)40(36)25-26-11-3-1-4-12-26/h1-9,11-18,23-24,34,38H,10,19-22,25H2/t34?,37-/m0/s1. The summed E-state index contributed by atoms with van der Waals surface area (Å²) in [6, 6.07) is 35.7. The minimum atomic E-state index is -0.770. The number of para-hydroxylation sites is 1. The van der Waals surface area contributed by atoms with Crippen LogP contribution in [0.1, 0.15) is 35.1 Å². The summed E-state index contributed by atoms with van der Waals surface area (Å²) >= 11 is 0. The fourth-order valence-corrected chi connectivity index (χ4v) is 7.36. The molecular formula is C37H33N3O2.